The van der Waals surface area contributed by atoms with Crippen molar-refractivity contribution in [2.24, 2.45) is 56.2 Å². The Balaban J connectivity index is 1.13. The number of amides is 1. The van der Waals surface area contributed by atoms with E-state index in [4.69, 9.17) is 21.1 Å². The lowest BCUT2D eigenvalue weighted by Gasteiger charge is -2.72. The van der Waals surface area contributed by atoms with Crippen molar-refractivity contribution in [2.75, 3.05) is 0 Å². The Morgan fingerprint density at radius 3 is 2.13 bits per heavy atom. The van der Waals surface area contributed by atoms with Gasteiger partial charge in [-0.1, -0.05) is 66.1 Å². The minimum Gasteiger partial charge on any atom is -0.462 e. The average Bonchev–Trinajstić information content (AvgIpc) is 3.84. The molecule has 7 rings (SSSR count). The summed E-state index contributed by atoms with van der Waals surface area (Å²) in [6, 6.07) is 0. The van der Waals surface area contributed by atoms with Crippen LogP contribution in [0.25, 0.3) is 0 Å². The van der Waals surface area contributed by atoms with E-state index in [-0.39, 0.29) is 69.6 Å². The number of allylic oxidation sites excluding steroid dienone is 3. The minimum atomic E-state index is -0.988. The second-order valence-corrected chi connectivity index (χ2v) is 23.8. The van der Waals surface area contributed by atoms with Crippen molar-refractivity contribution in [3.05, 3.63) is 46.0 Å². The number of fused-ring (bicyclic) bond motifs is 7. The second kappa shape index (κ2) is 14.8. The van der Waals surface area contributed by atoms with E-state index in [1.165, 1.54) is 5.57 Å². The first kappa shape index (κ1) is 45.0. The van der Waals surface area contributed by atoms with E-state index in [9.17, 15) is 19.2 Å². The number of aromatic nitrogens is 2. The van der Waals surface area contributed by atoms with E-state index in [2.05, 4.69) is 69.8 Å². The van der Waals surface area contributed by atoms with Gasteiger partial charge in [0.2, 0.25) is 5.91 Å². The molecule has 1 aromatic rings. The number of ether oxygens (including phenoxy) is 2. The van der Waals surface area contributed by atoms with Crippen LogP contribution >= 0.6 is 11.6 Å². The van der Waals surface area contributed by atoms with Crippen molar-refractivity contribution in [2.45, 2.75) is 184 Å². The molecule has 1 N–H and O–H groups in total. The lowest BCUT2D eigenvalue weighted by atomic mass is 9.33. The summed E-state index contributed by atoms with van der Waals surface area (Å²) in [4.78, 5) is 63.7. The number of Topliss-reactive ketones (excluding diaryl/α,β-unsaturated/α-hetero) is 1. The molecule has 0 aromatic carbocycles. The lowest BCUT2D eigenvalue weighted by Crippen LogP contribution is -2.65. The van der Waals surface area contributed by atoms with Crippen molar-refractivity contribution in [3.63, 3.8) is 0 Å². The summed E-state index contributed by atoms with van der Waals surface area (Å²) in [5.74, 6) is 1.17. The van der Waals surface area contributed by atoms with E-state index < -0.39 is 22.0 Å². The molecule has 0 saturated heterocycles. The first-order valence-corrected chi connectivity index (χ1v) is 23.2. The Labute approximate surface area is 364 Å². The predicted molar refractivity (Wildman–Crippen MR) is 233 cm³/mol. The highest BCUT2D eigenvalue weighted by Crippen LogP contribution is 2.77. The van der Waals surface area contributed by atoms with E-state index in [1.807, 2.05) is 27.7 Å². The maximum Gasteiger partial charge on any atom is 0.312 e. The SMILES string of the molecule is C/C(=C\[C@@]12CC[C@]3(C)[C@H](CC[C@@H]4[C@@]5(C)CC[C@H](OC(=O)CC(C)(C)C(=O)OC(C)(C)C)C(C)(C)[C@@H]5CC[C@]43C)C1=C(C(C)C)C(=O)C2)C(=O)NC1(c2ncc(Cl)cn2)CC1. The van der Waals surface area contributed by atoms with E-state index >= 15 is 0 Å². The molecule has 330 valence electrons. The molecule has 1 heterocycles. The van der Waals surface area contributed by atoms with Crippen LogP contribution in [0.4, 0.5) is 0 Å². The van der Waals surface area contributed by atoms with E-state index in [0.717, 1.165) is 69.8 Å². The van der Waals surface area contributed by atoms with Gasteiger partial charge in [-0.25, -0.2) is 9.97 Å². The predicted octanol–water partition coefficient (Wildman–Crippen LogP) is 10.8. The zero-order valence-corrected chi connectivity index (χ0v) is 39.6. The minimum absolute atomic E-state index is 0.0202. The Morgan fingerprint density at radius 1 is 0.883 bits per heavy atom. The third kappa shape index (κ3) is 7.30. The normalized spacial score (nSPS) is 35.8. The van der Waals surface area contributed by atoms with E-state index in [1.54, 1.807) is 26.2 Å². The maximum absolute atomic E-state index is 14.2. The molecule has 0 radical (unpaired) electrons. The van der Waals surface area contributed by atoms with Crippen molar-refractivity contribution < 1.29 is 28.7 Å². The van der Waals surface area contributed by atoms with E-state index in [0.29, 0.717) is 34.7 Å². The molecular weight excluding hydrogens is 774 g/mol. The van der Waals surface area contributed by atoms with Gasteiger partial charge in [-0.3, -0.25) is 19.2 Å². The molecule has 8 atom stereocenters. The number of hydrogen-bond donors (Lipinski definition) is 1. The quantitative estimate of drug-likeness (QED) is 0.192. The van der Waals surface area contributed by atoms with Gasteiger partial charge >= 0.3 is 11.9 Å². The summed E-state index contributed by atoms with van der Waals surface area (Å²) in [5.41, 5.74) is 0.129. The van der Waals surface area contributed by atoms with Crippen LogP contribution in [0.3, 0.4) is 0 Å². The highest BCUT2D eigenvalue weighted by Gasteiger charge is 2.70. The van der Waals surface area contributed by atoms with Crippen LogP contribution < -0.4 is 5.32 Å². The highest BCUT2D eigenvalue weighted by molar-refractivity contribution is 6.30. The molecule has 0 unspecified atom stereocenters. The van der Waals surface area contributed by atoms with Crippen molar-refractivity contribution in [1.29, 1.82) is 0 Å². The van der Waals surface area contributed by atoms with Gasteiger partial charge in [-0.15, -0.1) is 0 Å². The number of ketones is 1. The monoisotopic (exact) mass is 846 g/mol. The zero-order valence-electron chi connectivity index (χ0n) is 38.8. The Kier molecular flexibility index (Phi) is 11.1. The molecular formula is C50H72ClN3O6. The number of nitrogens with zero attached hydrogens (tertiary/aromatic N) is 2. The third-order valence-corrected chi connectivity index (χ3v) is 17.4. The van der Waals surface area contributed by atoms with Crippen LogP contribution in [-0.4, -0.2) is 45.3 Å². The molecule has 5 saturated carbocycles. The van der Waals surface area contributed by atoms with Crippen LogP contribution in [0.2, 0.25) is 5.02 Å². The van der Waals surface area contributed by atoms with Gasteiger partial charge in [-0.2, -0.15) is 0 Å². The first-order chi connectivity index (χ1) is 27.6. The van der Waals surface area contributed by atoms with Gasteiger partial charge in [0, 0.05) is 35.2 Å². The number of hydrogen-bond acceptors (Lipinski definition) is 8. The second-order valence-electron chi connectivity index (χ2n) is 23.3. The largest absolute Gasteiger partial charge is 0.462 e. The van der Waals surface area contributed by atoms with Crippen molar-refractivity contribution in [3.8, 4) is 0 Å². The van der Waals surface area contributed by atoms with Gasteiger partial charge in [0.15, 0.2) is 11.6 Å². The Hall–Kier alpha value is -3.07. The van der Waals surface area contributed by atoms with Crippen molar-refractivity contribution >= 4 is 35.2 Å². The first-order valence-electron chi connectivity index (χ1n) is 22.9. The van der Waals surface area contributed by atoms with Gasteiger partial charge < -0.3 is 14.8 Å². The topological polar surface area (TPSA) is 125 Å². The molecule has 60 heavy (non-hydrogen) atoms. The Bertz CT molecular complexity index is 2010. The number of carbonyl (C=O) groups is 4. The zero-order chi connectivity index (χ0) is 44.2. The molecule has 6 aliphatic rings. The maximum atomic E-state index is 14.2. The molecule has 1 aromatic heterocycles. The van der Waals surface area contributed by atoms with Gasteiger partial charge in [-0.05, 0) is 157 Å². The fourth-order valence-corrected chi connectivity index (χ4v) is 14.0. The summed E-state index contributed by atoms with van der Waals surface area (Å²) in [7, 11) is 0. The summed E-state index contributed by atoms with van der Waals surface area (Å²) in [6.45, 7) is 27.5. The Morgan fingerprint density at radius 2 is 1.53 bits per heavy atom. The van der Waals surface area contributed by atoms with Crippen LogP contribution in [0.5, 0.6) is 0 Å². The van der Waals surface area contributed by atoms with Gasteiger partial charge in [0.25, 0.3) is 0 Å². The molecule has 10 heteroatoms. The molecule has 0 aliphatic heterocycles. The summed E-state index contributed by atoms with van der Waals surface area (Å²) in [6.07, 6.45) is 14.9. The average molecular weight is 847 g/mol. The number of carbonyl (C=O) groups excluding carboxylic acids is 4. The highest BCUT2D eigenvalue weighted by atomic mass is 35.5. The number of rotatable bonds is 9. The fourth-order valence-electron chi connectivity index (χ4n) is 13.9. The molecule has 0 bridgehead atoms. The van der Waals surface area contributed by atoms with Gasteiger partial charge in [0.05, 0.1) is 16.9 Å². The molecule has 1 amide bonds. The van der Waals surface area contributed by atoms with Crippen LogP contribution in [0.15, 0.2) is 35.2 Å². The molecule has 0 spiro atoms. The van der Waals surface area contributed by atoms with Crippen LogP contribution in [0.1, 0.15) is 173 Å². The smallest absolute Gasteiger partial charge is 0.312 e. The van der Waals surface area contributed by atoms with Crippen LogP contribution in [-0.2, 0) is 34.2 Å². The lowest BCUT2D eigenvalue weighted by molar-refractivity contribution is -0.232. The molecule has 9 nitrogen and oxygen atoms in total. The fraction of sp³-hybridized carbons (Fsp3) is 0.760. The summed E-state index contributed by atoms with van der Waals surface area (Å²) in [5, 5.41) is 3.73. The molecule has 5 fully saturated rings. The summed E-state index contributed by atoms with van der Waals surface area (Å²) < 4.78 is 12.0. The third-order valence-electron chi connectivity index (χ3n) is 17.2. The number of nitrogens with one attached hydrogen (secondary N) is 1. The molecule has 6 aliphatic carbocycles. The number of esters is 2. The number of halogens is 1. The standard InChI is InChI=1S/C50H72ClN3O6/c1-29(2)38-33(55)25-49(24-30(3)40(57)54-50(22-23-50)41-52-27-31(51)28-53-41)21-20-47(12)32(39(38)49)14-15-35-46(11)18-17-36(45(9,10)34(46)16-19-48(35,47)13)59-37(56)26-44(7,8)42(58)60-43(4,5)6/h24,27-29,32,34-36H,14-23,25-26H2,1-13H3,(H,54,57)/b30-24+/t32-,34+,35-,36+,46+,47-,48-,49-/m1/s1. The van der Waals surface area contributed by atoms with Crippen molar-refractivity contribution in [1.82, 2.24) is 15.3 Å². The van der Waals surface area contributed by atoms with Gasteiger partial charge in [0.1, 0.15) is 17.2 Å². The summed E-state index contributed by atoms with van der Waals surface area (Å²) >= 11 is 6.07. The van der Waals surface area contributed by atoms with Crippen LogP contribution in [0, 0.1) is 56.2 Å².